The molecule has 1 saturated carbocycles. The number of hydrogen-bond acceptors (Lipinski definition) is 4. The molecular weight excluding hydrogens is 328 g/mol. The molecule has 126 valence electrons. The molecule has 0 heterocycles. The summed E-state index contributed by atoms with van der Waals surface area (Å²) in [6, 6.07) is 8.96. The number of fused-ring (bicyclic) bond motifs is 5. The second kappa shape index (κ2) is 5.04. The van der Waals surface area contributed by atoms with Crippen LogP contribution in [0.5, 0.6) is 5.75 Å². The zero-order valence-electron chi connectivity index (χ0n) is 13.3. The molecule has 0 spiro atoms. The summed E-state index contributed by atoms with van der Waals surface area (Å²) < 4.78 is 35.1. The van der Waals surface area contributed by atoms with Crippen LogP contribution in [-0.4, -0.2) is 18.8 Å². The number of carbonyl (C=O) groups excluding carboxylic acids is 1. The first kappa shape index (κ1) is 15.6. The summed E-state index contributed by atoms with van der Waals surface area (Å²) in [5.41, 5.74) is 2.24. The Labute approximate surface area is 140 Å². The van der Waals surface area contributed by atoms with E-state index in [0.29, 0.717) is 12.2 Å². The van der Waals surface area contributed by atoms with Gasteiger partial charge in [0.15, 0.2) is 0 Å². The topological polar surface area (TPSA) is 80.7 Å². The Morgan fingerprint density at radius 1 is 1.21 bits per heavy atom. The predicted octanol–water partition coefficient (Wildman–Crippen LogP) is 3.42. The molecule has 2 aliphatic carbocycles. The highest BCUT2D eigenvalue weighted by molar-refractivity contribution is 7.81. The second-order valence-electron chi connectivity index (χ2n) is 6.96. The summed E-state index contributed by atoms with van der Waals surface area (Å²) in [6.45, 7) is 2.09. The molecule has 5 nitrogen and oxygen atoms in total. The van der Waals surface area contributed by atoms with E-state index < -0.39 is 10.4 Å². The Morgan fingerprint density at radius 2 is 2.00 bits per heavy atom. The number of ketones is 1. The van der Waals surface area contributed by atoms with Crippen molar-refractivity contribution in [2.24, 2.45) is 5.41 Å². The lowest BCUT2D eigenvalue weighted by atomic mass is 9.66. The SMILES string of the molecule is C[C@]12CCc3c(ccc4cc(OS(=O)(=O)O)ccc34)[C@@H]1CCC2=O. The maximum atomic E-state index is 12.3. The molecule has 0 amide bonds. The van der Waals surface area contributed by atoms with Crippen molar-refractivity contribution in [3.05, 3.63) is 41.5 Å². The zero-order chi connectivity index (χ0) is 17.1. The van der Waals surface area contributed by atoms with Crippen molar-refractivity contribution >= 4 is 27.0 Å². The molecule has 2 aromatic carbocycles. The largest absolute Gasteiger partial charge is 0.446 e. The molecule has 0 bridgehead atoms. The summed E-state index contributed by atoms with van der Waals surface area (Å²) in [4.78, 5) is 12.3. The molecule has 2 aliphatic rings. The van der Waals surface area contributed by atoms with Crippen LogP contribution in [0.25, 0.3) is 10.8 Å². The van der Waals surface area contributed by atoms with Crippen molar-refractivity contribution in [3.63, 3.8) is 0 Å². The van der Waals surface area contributed by atoms with E-state index in [1.165, 1.54) is 11.1 Å². The van der Waals surface area contributed by atoms with E-state index in [1.54, 1.807) is 12.1 Å². The Kier molecular flexibility index (Phi) is 3.27. The standard InChI is InChI=1S/C18H18O5S/c1-18-9-8-14-13-5-3-12(23-24(20,21)22)10-11(13)2-4-15(14)16(18)6-7-17(18)19/h2-5,10,16H,6-9H2,1H3,(H,20,21,22)/t16-,18-/m0/s1. The highest BCUT2D eigenvalue weighted by Gasteiger charge is 2.49. The predicted molar refractivity (Wildman–Crippen MR) is 89.5 cm³/mol. The van der Waals surface area contributed by atoms with Crippen molar-refractivity contribution in [2.75, 3.05) is 0 Å². The van der Waals surface area contributed by atoms with Crippen LogP contribution in [0.2, 0.25) is 0 Å². The van der Waals surface area contributed by atoms with E-state index in [2.05, 4.69) is 17.2 Å². The minimum atomic E-state index is -4.53. The van der Waals surface area contributed by atoms with Gasteiger partial charge in [0.2, 0.25) is 0 Å². The molecule has 6 heteroatoms. The van der Waals surface area contributed by atoms with Crippen molar-refractivity contribution < 1.29 is 21.9 Å². The molecule has 24 heavy (non-hydrogen) atoms. The van der Waals surface area contributed by atoms with Crippen molar-refractivity contribution in [2.45, 2.75) is 38.5 Å². The highest BCUT2D eigenvalue weighted by atomic mass is 32.3. The highest BCUT2D eigenvalue weighted by Crippen LogP contribution is 2.54. The van der Waals surface area contributed by atoms with Crippen LogP contribution in [-0.2, 0) is 21.6 Å². The van der Waals surface area contributed by atoms with E-state index in [1.807, 2.05) is 12.1 Å². The van der Waals surface area contributed by atoms with Crippen molar-refractivity contribution in [1.82, 2.24) is 0 Å². The molecule has 1 N–H and O–H groups in total. The molecule has 0 unspecified atom stereocenters. The lowest BCUT2D eigenvalue weighted by Gasteiger charge is -2.37. The molecule has 2 aromatic rings. The van der Waals surface area contributed by atoms with E-state index in [0.717, 1.165) is 30.0 Å². The first-order chi connectivity index (χ1) is 11.3. The van der Waals surface area contributed by atoms with Gasteiger partial charge in [-0.15, -0.1) is 0 Å². The molecule has 1 fully saturated rings. The van der Waals surface area contributed by atoms with E-state index in [-0.39, 0.29) is 17.1 Å². The fourth-order valence-corrected chi connectivity index (χ4v) is 4.79. The molecule has 0 aliphatic heterocycles. The number of hydrogen-bond donors (Lipinski definition) is 1. The van der Waals surface area contributed by atoms with Gasteiger partial charge in [-0.3, -0.25) is 9.35 Å². The molecule has 0 aromatic heterocycles. The van der Waals surface area contributed by atoms with Gasteiger partial charge >= 0.3 is 10.4 Å². The number of rotatable bonds is 2. The molecule has 4 rings (SSSR count). The van der Waals surface area contributed by atoms with Gasteiger partial charge < -0.3 is 4.18 Å². The Balaban J connectivity index is 1.82. The van der Waals surface area contributed by atoms with Crippen LogP contribution in [0.4, 0.5) is 0 Å². The summed E-state index contributed by atoms with van der Waals surface area (Å²) in [5, 5.41) is 1.92. The quantitative estimate of drug-likeness (QED) is 0.843. The van der Waals surface area contributed by atoms with E-state index in [9.17, 15) is 13.2 Å². The fraction of sp³-hybridized carbons (Fsp3) is 0.389. The lowest BCUT2D eigenvalue weighted by molar-refractivity contribution is -0.126. The lowest BCUT2D eigenvalue weighted by Crippen LogP contribution is -2.32. The normalized spacial score (nSPS) is 26.2. The van der Waals surface area contributed by atoms with Crippen molar-refractivity contribution in [3.8, 4) is 5.75 Å². The maximum Gasteiger partial charge on any atom is 0.446 e. The Hall–Kier alpha value is -1.92. The summed E-state index contributed by atoms with van der Waals surface area (Å²) >= 11 is 0. The third-order valence-corrected chi connectivity index (χ3v) is 6.08. The second-order valence-corrected chi connectivity index (χ2v) is 7.98. The third kappa shape index (κ3) is 2.32. The van der Waals surface area contributed by atoms with Crippen LogP contribution in [0.15, 0.2) is 30.3 Å². The van der Waals surface area contributed by atoms with E-state index >= 15 is 0 Å². The fourth-order valence-electron chi connectivity index (χ4n) is 4.44. The smallest absolute Gasteiger partial charge is 0.362 e. The first-order valence-corrected chi connectivity index (χ1v) is 9.40. The zero-order valence-corrected chi connectivity index (χ0v) is 14.1. The molecule has 2 atom stereocenters. The van der Waals surface area contributed by atoms with Gasteiger partial charge in [0.25, 0.3) is 0 Å². The van der Waals surface area contributed by atoms with Crippen LogP contribution >= 0.6 is 0 Å². The van der Waals surface area contributed by atoms with Gasteiger partial charge in [-0.25, -0.2) is 0 Å². The van der Waals surface area contributed by atoms with Crippen LogP contribution in [0.1, 0.15) is 43.2 Å². The number of aryl methyl sites for hydroxylation is 1. The number of benzene rings is 2. The average molecular weight is 346 g/mol. The van der Waals surface area contributed by atoms with Crippen LogP contribution in [0.3, 0.4) is 0 Å². The Bertz CT molecular complexity index is 963. The minimum absolute atomic E-state index is 0.0849. The first-order valence-electron chi connectivity index (χ1n) is 8.04. The van der Waals surface area contributed by atoms with Crippen molar-refractivity contribution in [1.29, 1.82) is 0 Å². The molecule has 0 radical (unpaired) electrons. The monoisotopic (exact) mass is 346 g/mol. The maximum absolute atomic E-state index is 12.3. The summed E-state index contributed by atoms with van der Waals surface area (Å²) in [7, 11) is -4.53. The van der Waals surface area contributed by atoms with Gasteiger partial charge in [0, 0.05) is 11.8 Å². The van der Waals surface area contributed by atoms with Gasteiger partial charge in [-0.1, -0.05) is 25.1 Å². The van der Waals surface area contributed by atoms with Gasteiger partial charge in [0.1, 0.15) is 11.5 Å². The van der Waals surface area contributed by atoms with E-state index in [4.69, 9.17) is 4.55 Å². The van der Waals surface area contributed by atoms with Gasteiger partial charge in [-0.2, -0.15) is 8.42 Å². The Morgan fingerprint density at radius 3 is 2.75 bits per heavy atom. The van der Waals surface area contributed by atoms with Gasteiger partial charge in [-0.05, 0) is 59.2 Å². The summed E-state index contributed by atoms with van der Waals surface area (Å²) in [6.07, 6.45) is 3.24. The average Bonchev–Trinajstić information content (AvgIpc) is 2.81. The van der Waals surface area contributed by atoms with Crippen LogP contribution in [0, 0.1) is 5.41 Å². The molecular formula is C18H18O5S. The van der Waals surface area contributed by atoms with Gasteiger partial charge in [0.05, 0.1) is 0 Å². The van der Waals surface area contributed by atoms with Crippen LogP contribution < -0.4 is 4.18 Å². The minimum Gasteiger partial charge on any atom is -0.362 e. The number of carbonyl (C=O) groups is 1. The number of Topliss-reactive ketones (excluding diaryl/α,β-unsaturated/α-hetero) is 1. The summed E-state index contributed by atoms with van der Waals surface area (Å²) in [5.74, 6) is 0.726. The third-order valence-electron chi connectivity index (χ3n) is 5.68. The molecule has 0 saturated heterocycles.